The number of unbranched alkanes of at least 4 members (excludes halogenated alkanes) is 1. The zero-order valence-corrected chi connectivity index (χ0v) is 21.8. The van der Waals surface area contributed by atoms with E-state index in [1.807, 2.05) is 44.2 Å². The van der Waals surface area contributed by atoms with Crippen LogP contribution in [0, 0.1) is 6.92 Å². The molecule has 3 aromatic rings. The van der Waals surface area contributed by atoms with Gasteiger partial charge in [-0.3, -0.25) is 4.79 Å². The van der Waals surface area contributed by atoms with Crippen LogP contribution in [0.2, 0.25) is 0 Å². The molecule has 4 rings (SSSR count). The van der Waals surface area contributed by atoms with Crippen molar-refractivity contribution in [2.45, 2.75) is 76.8 Å². The summed E-state index contributed by atoms with van der Waals surface area (Å²) in [6, 6.07) is 13.3. The summed E-state index contributed by atoms with van der Waals surface area (Å²) >= 11 is 0. The number of hydrogen-bond donors (Lipinski definition) is 1. The Hall–Kier alpha value is -2.71. The van der Waals surface area contributed by atoms with Gasteiger partial charge in [0.05, 0.1) is 22.0 Å². The minimum atomic E-state index is -3.50. The molecule has 1 N–H and O–H groups in total. The van der Waals surface area contributed by atoms with Crippen molar-refractivity contribution in [1.82, 2.24) is 19.2 Å². The molecule has 188 valence electrons. The highest BCUT2D eigenvalue weighted by molar-refractivity contribution is 7.89. The van der Waals surface area contributed by atoms with Gasteiger partial charge < -0.3 is 9.88 Å². The molecular weight excluding hydrogens is 460 g/mol. The first-order valence-corrected chi connectivity index (χ1v) is 14.1. The van der Waals surface area contributed by atoms with E-state index in [2.05, 4.69) is 16.8 Å². The average molecular weight is 497 g/mol. The lowest BCUT2D eigenvalue weighted by Gasteiger charge is -2.16. The molecular formula is C27H36N4O3S. The molecule has 0 radical (unpaired) electrons. The molecule has 1 aromatic heterocycles. The van der Waals surface area contributed by atoms with Gasteiger partial charge >= 0.3 is 0 Å². The molecule has 8 heteroatoms. The zero-order valence-electron chi connectivity index (χ0n) is 21.0. The van der Waals surface area contributed by atoms with Crippen LogP contribution in [0.3, 0.4) is 0 Å². The van der Waals surface area contributed by atoms with E-state index in [9.17, 15) is 13.2 Å². The highest BCUT2D eigenvalue weighted by Crippen LogP contribution is 2.26. The molecule has 1 fully saturated rings. The summed E-state index contributed by atoms with van der Waals surface area (Å²) in [5, 5.41) is 3.10. The smallest absolute Gasteiger partial charge is 0.243 e. The number of amides is 1. The maximum Gasteiger partial charge on any atom is 0.243 e. The third-order valence-corrected chi connectivity index (χ3v) is 8.74. The number of benzene rings is 2. The number of nitrogens with zero attached hydrogens (tertiary/aromatic N) is 3. The lowest BCUT2D eigenvalue weighted by molar-refractivity contribution is -0.121. The quantitative estimate of drug-likeness (QED) is 0.439. The Morgan fingerprint density at radius 1 is 1.14 bits per heavy atom. The van der Waals surface area contributed by atoms with E-state index in [1.165, 1.54) is 0 Å². The van der Waals surface area contributed by atoms with E-state index < -0.39 is 10.0 Å². The van der Waals surface area contributed by atoms with E-state index in [0.717, 1.165) is 54.7 Å². The van der Waals surface area contributed by atoms with E-state index in [1.54, 1.807) is 16.4 Å². The largest absolute Gasteiger partial charge is 0.350 e. The maximum absolute atomic E-state index is 13.0. The number of rotatable bonds is 10. The van der Waals surface area contributed by atoms with Gasteiger partial charge in [-0.1, -0.05) is 37.6 Å². The van der Waals surface area contributed by atoms with Gasteiger partial charge in [-0.25, -0.2) is 13.4 Å². The molecule has 2 heterocycles. The minimum absolute atomic E-state index is 0.0212. The third kappa shape index (κ3) is 5.59. The Labute approximate surface area is 208 Å². The van der Waals surface area contributed by atoms with E-state index in [0.29, 0.717) is 36.3 Å². The van der Waals surface area contributed by atoms with Gasteiger partial charge in [-0.15, -0.1) is 0 Å². The second-order valence-electron chi connectivity index (χ2n) is 9.44. The fourth-order valence-corrected chi connectivity index (χ4v) is 6.38. The number of carbonyl (C=O) groups is 1. The van der Waals surface area contributed by atoms with Crippen LogP contribution >= 0.6 is 0 Å². The van der Waals surface area contributed by atoms with Crippen molar-refractivity contribution in [3.05, 3.63) is 59.4 Å². The predicted molar refractivity (Wildman–Crippen MR) is 139 cm³/mol. The lowest BCUT2D eigenvalue weighted by Crippen LogP contribution is -2.27. The van der Waals surface area contributed by atoms with Crippen LogP contribution in [-0.2, 0) is 27.8 Å². The molecule has 35 heavy (non-hydrogen) atoms. The van der Waals surface area contributed by atoms with Crippen molar-refractivity contribution in [3.8, 4) is 0 Å². The molecule has 0 aliphatic carbocycles. The number of fused-ring (bicyclic) bond motifs is 1. The molecule has 0 bridgehead atoms. The summed E-state index contributed by atoms with van der Waals surface area (Å²) in [7, 11) is -3.50. The molecule has 0 saturated carbocycles. The monoisotopic (exact) mass is 496 g/mol. The van der Waals surface area contributed by atoms with Gasteiger partial charge in [0.25, 0.3) is 0 Å². The summed E-state index contributed by atoms with van der Waals surface area (Å²) in [5.41, 5.74) is 3.86. The van der Waals surface area contributed by atoms with Crippen molar-refractivity contribution in [2.24, 2.45) is 0 Å². The number of aryl methyl sites for hydroxylation is 3. The average Bonchev–Trinajstić information content (AvgIpc) is 3.50. The number of carbonyl (C=O) groups excluding carboxylic acids is 1. The summed E-state index contributed by atoms with van der Waals surface area (Å²) in [5.74, 6) is 0.801. The van der Waals surface area contributed by atoms with Gasteiger partial charge in [0.1, 0.15) is 5.82 Å². The summed E-state index contributed by atoms with van der Waals surface area (Å²) < 4.78 is 29.8. The van der Waals surface area contributed by atoms with Crippen molar-refractivity contribution >= 4 is 27.0 Å². The predicted octanol–water partition coefficient (Wildman–Crippen LogP) is 4.74. The molecule has 1 unspecified atom stereocenters. The van der Waals surface area contributed by atoms with E-state index in [-0.39, 0.29) is 11.9 Å². The zero-order chi connectivity index (χ0) is 25.0. The van der Waals surface area contributed by atoms with Gasteiger partial charge in [0.15, 0.2) is 0 Å². The van der Waals surface area contributed by atoms with Gasteiger partial charge in [0.2, 0.25) is 15.9 Å². The second-order valence-corrected chi connectivity index (χ2v) is 11.4. The fourth-order valence-electron chi connectivity index (χ4n) is 4.84. The molecule has 1 aliphatic heterocycles. The van der Waals surface area contributed by atoms with Gasteiger partial charge in [-0.05, 0) is 62.4 Å². The lowest BCUT2D eigenvalue weighted by atomic mass is 10.0. The van der Waals surface area contributed by atoms with Crippen LogP contribution in [0.25, 0.3) is 11.0 Å². The van der Waals surface area contributed by atoms with Crippen LogP contribution < -0.4 is 5.32 Å². The highest BCUT2D eigenvalue weighted by atomic mass is 32.2. The Morgan fingerprint density at radius 2 is 1.89 bits per heavy atom. The standard InChI is InChI=1S/C27H36N4O3S/c1-4-5-18-31-25-13-12-22(35(33,34)30-16-8-9-17-30)19-24(25)29-26(31)14-15-27(32)28-21(3)23-11-7-6-10-20(23)2/h6-7,10-13,19,21H,4-5,8-9,14-18H2,1-3H3,(H,28,32). The first kappa shape index (κ1) is 25.4. The Bertz CT molecular complexity index is 1290. The van der Waals surface area contributed by atoms with Crippen LogP contribution in [0.4, 0.5) is 0 Å². The van der Waals surface area contributed by atoms with Crippen LogP contribution in [-0.4, -0.2) is 41.3 Å². The first-order chi connectivity index (χ1) is 16.8. The molecule has 1 saturated heterocycles. The fraction of sp³-hybridized carbons (Fsp3) is 0.481. The molecule has 0 spiro atoms. The van der Waals surface area contributed by atoms with Crippen LogP contribution in [0.15, 0.2) is 47.4 Å². The minimum Gasteiger partial charge on any atom is -0.350 e. The summed E-state index contributed by atoms with van der Waals surface area (Å²) in [6.07, 6.45) is 4.66. The summed E-state index contributed by atoms with van der Waals surface area (Å²) in [4.78, 5) is 17.8. The Morgan fingerprint density at radius 3 is 2.60 bits per heavy atom. The first-order valence-electron chi connectivity index (χ1n) is 12.7. The Kier molecular flexibility index (Phi) is 7.91. The van der Waals surface area contributed by atoms with Crippen LogP contribution in [0.5, 0.6) is 0 Å². The number of aromatic nitrogens is 2. The summed E-state index contributed by atoms with van der Waals surface area (Å²) in [6.45, 7) is 8.13. The topological polar surface area (TPSA) is 84.3 Å². The molecule has 2 aromatic carbocycles. The van der Waals surface area contributed by atoms with Crippen molar-refractivity contribution in [1.29, 1.82) is 0 Å². The van der Waals surface area contributed by atoms with E-state index in [4.69, 9.17) is 4.98 Å². The van der Waals surface area contributed by atoms with Gasteiger partial charge in [0, 0.05) is 32.5 Å². The Balaban J connectivity index is 1.53. The molecule has 7 nitrogen and oxygen atoms in total. The number of sulfonamides is 1. The van der Waals surface area contributed by atoms with Crippen molar-refractivity contribution in [3.63, 3.8) is 0 Å². The highest BCUT2D eigenvalue weighted by Gasteiger charge is 2.28. The molecule has 1 amide bonds. The van der Waals surface area contributed by atoms with Crippen molar-refractivity contribution in [2.75, 3.05) is 13.1 Å². The number of nitrogens with one attached hydrogen (secondary N) is 1. The normalized spacial score (nSPS) is 15.5. The molecule has 1 atom stereocenters. The number of hydrogen-bond acceptors (Lipinski definition) is 4. The van der Waals surface area contributed by atoms with E-state index >= 15 is 0 Å². The second kappa shape index (κ2) is 10.9. The number of imidazole rings is 1. The van der Waals surface area contributed by atoms with Crippen LogP contribution in [0.1, 0.15) is 68.9 Å². The molecule has 1 aliphatic rings. The van der Waals surface area contributed by atoms with Crippen molar-refractivity contribution < 1.29 is 13.2 Å². The van der Waals surface area contributed by atoms with Gasteiger partial charge in [-0.2, -0.15) is 4.31 Å². The third-order valence-electron chi connectivity index (χ3n) is 6.84. The maximum atomic E-state index is 13.0. The SMILES string of the molecule is CCCCn1c(CCC(=O)NC(C)c2ccccc2C)nc2cc(S(=O)(=O)N3CCCC3)ccc21.